The molecule has 0 aliphatic rings. The van der Waals surface area contributed by atoms with Gasteiger partial charge < -0.3 is 20.1 Å². The van der Waals surface area contributed by atoms with Gasteiger partial charge >= 0.3 is 5.97 Å². The molecule has 22 heavy (non-hydrogen) atoms. The van der Waals surface area contributed by atoms with Crippen molar-refractivity contribution < 1.29 is 24.9 Å². The van der Waals surface area contributed by atoms with Crippen molar-refractivity contribution in [3.8, 4) is 17.2 Å². The highest BCUT2D eigenvalue weighted by atomic mass is 16.5. The van der Waals surface area contributed by atoms with Crippen LogP contribution in [0.4, 0.5) is 0 Å². The van der Waals surface area contributed by atoms with Gasteiger partial charge in [-0.3, -0.25) is 4.79 Å². The number of phenolic OH excluding ortho intramolecular Hbond substituents is 3. The van der Waals surface area contributed by atoms with Crippen molar-refractivity contribution in [2.45, 2.75) is 19.3 Å². The van der Waals surface area contributed by atoms with Gasteiger partial charge in [0.15, 0.2) is 17.2 Å². The lowest BCUT2D eigenvalue weighted by molar-refractivity contribution is -0.144. The third-order valence-corrected chi connectivity index (χ3v) is 3.42. The number of esters is 1. The number of benzene rings is 2. The molecule has 1 atom stereocenters. The molecule has 0 aromatic heterocycles. The number of ether oxygens (including phenoxy) is 1. The molecule has 0 fully saturated rings. The number of hydrogen-bond acceptors (Lipinski definition) is 5. The van der Waals surface area contributed by atoms with E-state index in [0.29, 0.717) is 12.0 Å². The van der Waals surface area contributed by atoms with Crippen LogP contribution < -0.4 is 0 Å². The summed E-state index contributed by atoms with van der Waals surface area (Å²) < 4.78 is 5.21. The average molecular weight is 302 g/mol. The van der Waals surface area contributed by atoms with E-state index in [2.05, 4.69) is 0 Å². The quantitative estimate of drug-likeness (QED) is 0.584. The molecule has 2 aromatic rings. The van der Waals surface area contributed by atoms with E-state index < -0.39 is 29.1 Å². The number of carbonyl (C=O) groups excluding carboxylic acids is 1. The SMILES string of the molecule is CC(C(=O)OCCc1ccccc1)c1cc(O)c(O)c(O)c1. The Hall–Kier alpha value is -2.69. The van der Waals surface area contributed by atoms with E-state index in [4.69, 9.17) is 4.74 Å². The van der Waals surface area contributed by atoms with Crippen LogP contribution in [-0.2, 0) is 16.0 Å². The molecule has 0 spiro atoms. The molecule has 1 unspecified atom stereocenters. The van der Waals surface area contributed by atoms with Crippen LogP contribution in [0.2, 0.25) is 0 Å². The zero-order chi connectivity index (χ0) is 16.1. The second-order valence-corrected chi connectivity index (χ2v) is 5.03. The largest absolute Gasteiger partial charge is 0.504 e. The van der Waals surface area contributed by atoms with E-state index in [1.54, 1.807) is 6.92 Å². The third kappa shape index (κ3) is 3.69. The summed E-state index contributed by atoms with van der Waals surface area (Å²) >= 11 is 0. The normalized spacial score (nSPS) is 11.9. The molecule has 2 aromatic carbocycles. The standard InChI is InChI=1S/C17H18O5/c1-11(13-9-14(18)16(20)15(19)10-13)17(21)22-8-7-12-5-3-2-4-6-12/h2-6,9-11,18-20H,7-8H2,1H3. The van der Waals surface area contributed by atoms with Crippen molar-refractivity contribution in [3.05, 3.63) is 53.6 Å². The molecule has 0 radical (unpaired) electrons. The van der Waals surface area contributed by atoms with Crippen LogP contribution in [0.15, 0.2) is 42.5 Å². The van der Waals surface area contributed by atoms with Crippen molar-refractivity contribution in [2.24, 2.45) is 0 Å². The Labute approximate surface area is 128 Å². The maximum atomic E-state index is 12.0. The lowest BCUT2D eigenvalue weighted by Gasteiger charge is -2.13. The highest BCUT2D eigenvalue weighted by Crippen LogP contribution is 2.37. The van der Waals surface area contributed by atoms with Crippen LogP contribution in [0.5, 0.6) is 17.2 Å². The van der Waals surface area contributed by atoms with Crippen molar-refractivity contribution in [1.29, 1.82) is 0 Å². The van der Waals surface area contributed by atoms with Crippen LogP contribution >= 0.6 is 0 Å². The topological polar surface area (TPSA) is 87.0 Å². The Bertz CT molecular complexity index is 628. The Kier molecular flexibility index (Phi) is 4.88. The van der Waals surface area contributed by atoms with Gasteiger partial charge in [-0.1, -0.05) is 30.3 Å². The van der Waals surface area contributed by atoms with Crippen molar-refractivity contribution in [3.63, 3.8) is 0 Å². The second-order valence-electron chi connectivity index (χ2n) is 5.03. The smallest absolute Gasteiger partial charge is 0.313 e. The maximum Gasteiger partial charge on any atom is 0.313 e. The summed E-state index contributed by atoms with van der Waals surface area (Å²) in [5.74, 6) is -2.67. The predicted octanol–water partition coefficient (Wildman–Crippen LogP) is 2.69. The monoisotopic (exact) mass is 302 g/mol. The molecule has 3 N–H and O–H groups in total. The van der Waals surface area contributed by atoms with E-state index in [-0.39, 0.29) is 6.61 Å². The zero-order valence-corrected chi connectivity index (χ0v) is 12.2. The molecule has 0 heterocycles. The van der Waals surface area contributed by atoms with Crippen molar-refractivity contribution >= 4 is 5.97 Å². The molecule has 0 bridgehead atoms. The van der Waals surface area contributed by atoms with E-state index in [0.717, 1.165) is 5.56 Å². The highest BCUT2D eigenvalue weighted by molar-refractivity contribution is 5.78. The van der Waals surface area contributed by atoms with Crippen molar-refractivity contribution in [2.75, 3.05) is 6.61 Å². The Morgan fingerprint density at radius 2 is 1.68 bits per heavy atom. The van der Waals surface area contributed by atoms with Crippen LogP contribution in [0.3, 0.4) is 0 Å². The molecule has 0 aliphatic carbocycles. The van der Waals surface area contributed by atoms with Crippen molar-refractivity contribution in [1.82, 2.24) is 0 Å². The molecule has 116 valence electrons. The van der Waals surface area contributed by atoms with Gasteiger partial charge in [-0.2, -0.15) is 0 Å². The van der Waals surface area contributed by atoms with Gasteiger partial charge in [-0.25, -0.2) is 0 Å². The van der Waals surface area contributed by atoms with E-state index in [1.807, 2.05) is 30.3 Å². The van der Waals surface area contributed by atoms with Gasteiger partial charge in [0.05, 0.1) is 12.5 Å². The van der Waals surface area contributed by atoms with Gasteiger partial charge in [-0.05, 0) is 30.2 Å². The van der Waals surface area contributed by atoms with Gasteiger partial charge in [0.1, 0.15) is 0 Å². The number of aromatic hydroxyl groups is 3. The third-order valence-electron chi connectivity index (χ3n) is 3.42. The maximum absolute atomic E-state index is 12.0. The molecular weight excluding hydrogens is 284 g/mol. The first-order chi connectivity index (χ1) is 10.5. The summed E-state index contributed by atoms with van der Waals surface area (Å²) in [6.07, 6.45) is 0.616. The molecule has 5 nitrogen and oxygen atoms in total. The Morgan fingerprint density at radius 1 is 1.09 bits per heavy atom. The predicted molar refractivity (Wildman–Crippen MR) is 81.0 cm³/mol. The lowest BCUT2D eigenvalue weighted by atomic mass is 10.0. The van der Waals surface area contributed by atoms with Gasteiger partial charge in [-0.15, -0.1) is 0 Å². The Balaban J connectivity index is 1.95. The summed E-state index contributed by atoms with van der Waals surface area (Å²) in [5, 5.41) is 28.3. The summed E-state index contributed by atoms with van der Waals surface area (Å²) in [4.78, 5) is 12.0. The van der Waals surface area contributed by atoms with Crippen LogP contribution in [0, 0.1) is 0 Å². The summed E-state index contributed by atoms with van der Waals surface area (Å²) in [6, 6.07) is 12.1. The van der Waals surface area contributed by atoms with Crippen LogP contribution in [0.25, 0.3) is 0 Å². The molecule has 5 heteroatoms. The van der Waals surface area contributed by atoms with Gasteiger partial charge in [0, 0.05) is 6.42 Å². The van der Waals surface area contributed by atoms with Crippen LogP contribution in [0.1, 0.15) is 24.0 Å². The first-order valence-electron chi connectivity index (χ1n) is 6.94. The summed E-state index contributed by atoms with van der Waals surface area (Å²) in [6.45, 7) is 1.86. The number of rotatable bonds is 5. The fraction of sp³-hybridized carbons (Fsp3) is 0.235. The lowest BCUT2D eigenvalue weighted by Crippen LogP contribution is -2.15. The summed E-state index contributed by atoms with van der Waals surface area (Å²) in [5.41, 5.74) is 1.44. The first-order valence-corrected chi connectivity index (χ1v) is 6.94. The van der Waals surface area contributed by atoms with Crippen LogP contribution in [-0.4, -0.2) is 27.9 Å². The molecule has 0 aliphatic heterocycles. The van der Waals surface area contributed by atoms with E-state index in [9.17, 15) is 20.1 Å². The highest BCUT2D eigenvalue weighted by Gasteiger charge is 2.20. The molecular formula is C17H18O5. The number of carbonyl (C=O) groups is 1. The van der Waals surface area contributed by atoms with Gasteiger partial charge in [0.25, 0.3) is 0 Å². The Morgan fingerprint density at radius 3 is 2.27 bits per heavy atom. The van der Waals surface area contributed by atoms with E-state index >= 15 is 0 Å². The zero-order valence-electron chi connectivity index (χ0n) is 12.2. The minimum Gasteiger partial charge on any atom is -0.504 e. The second kappa shape index (κ2) is 6.85. The summed E-state index contributed by atoms with van der Waals surface area (Å²) in [7, 11) is 0. The molecule has 0 amide bonds. The van der Waals surface area contributed by atoms with E-state index in [1.165, 1.54) is 12.1 Å². The molecule has 0 saturated carbocycles. The minimum absolute atomic E-state index is 0.253. The number of phenols is 3. The first kappa shape index (κ1) is 15.7. The molecule has 0 saturated heterocycles. The van der Waals surface area contributed by atoms with Gasteiger partial charge in [0.2, 0.25) is 0 Å². The molecule has 2 rings (SSSR count). The average Bonchev–Trinajstić information content (AvgIpc) is 2.52. The minimum atomic E-state index is -0.659. The fourth-order valence-corrected chi connectivity index (χ4v) is 2.05. The number of hydrogen-bond donors (Lipinski definition) is 3. The fourth-order valence-electron chi connectivity index (χ4n) is 2.05.